The maximum absolute atomic E-state index is 12.0. The molecule has 0 spiro atoms. The Bertz CT molecular complexity index is 820. The third kappa shape index (κ3) is 4.70. The Morgan fingerprint density at radius 2 is 2.12 bits per heavy atom. The van der Waals surface area contributed by atoms with Crippen molar-refractivity contribution >= 4 is 34.2 Å². The number of carbonyl (C=O) groups excluding carboxylic acids is 2. The van der Waals surface area contributed by atoms with Gasteiger partial charge >= 0.3 is 5.97 Å². The number of esters is 1. The Morgan fingerprint density at radius 1 is 1.28 bits per heavy atom. The van der Waals surface area contributed by atoms with Crippen molar-refractivity contribution in [2.45, 2.75) is 25.8 Å². The fourth-order valence-corrected chi connectivity index (χ4v) is 3.17. The molecule has 0 aliphatic rings. The van der Waals surface area contributed by atoms with E-state index in [1.165, 1.54) is 0 Å². The van der Waals surface area contributed by atoms with Crippen LogP contribution in [-0.2, 0) is 20.7 Å². The first-order valence-electron chi connectivity index (χ1n) is 8.06. The number of ether oxygens (including phenoxy) is 1. The van der Waals surface area contributed by atoms with E-state index in [1.54, 1.807) is 11.3 Å². The zero-order valence-electron chi connectivity index (χ0n) is 13.9. The molecule has 3 rings (SSSR count). The number of amides is 1. The quantitative estimate of drug-likeness (QED) is 0.652. The maximum Gasteiger partial charge on any atom is 0.306 e. The largest absolute Gasteiger partial charge is 0.459 e. The third-order valence-electron chi connectivity index (χ3n) is 3.81. The number of nitrogens with one attached hydrogen (secondary N) is 1. The van der Waals surface area contributed by atoms with Crippen molar-refractivity contribution in [2.75, 3.05) is 6.61 Å². The zero-order chi connectivity index (χ0) is 17.6. The number of rotatable bonds is 7. The Balaban J connectivity index is 1.44. The number of aryl methyl sites for hydroxylation is 1. The molecule has 0 bridgehead atoms. The van der Waals surface area contributed by atoms with Gasteiger partial charge in [-0.1, -0.05) is 18.2 Å². The van der Waals surface area contributed by atoms with Crippen LogP contribution in [0.2, 0.25) is 0 Å². The molecule has 6 heteroatoms. The molecule has 0 unspecified atom stereocenters. The lowest BCUT2D eigenvalue weighted by atomic mass is 10.2. The number of hydrogen-bond acceptors (Lipinski definition) is 5. The highest BCUT2D eigenvalue weighted by Crippen LogP contribution is 2.23. The molecule has 0 aliphatic carbocycles. The first-order valence-corrected chi connectivity index (χ1v) is 9.00. The Labute approximate surface area is 149 Å². The second-order valence-electron chi connectivity index (χ2n) is 5.77. The van der Waals surface area contributed by atoms with Gasteiger partial charge in [-0.3, -0.25) is 9.59 Å². The first-order chi connectivity index (χ1) is 12.1. The van der Waals surface area contributed by atoms with Crippen molar-refractivity contribution in [3.05, 3.63) is 58.5 Å². The molecule has 1 N–H and O–H groups in total. The minimum atomic E-state index is -0.377. The summed E-state index contributed by atoms with van der Waals surface area (Å²) in [4.78, 5) is 23.6. The SMILES string of the molecule is C[C@@H](NC(=O)COC(=O)CCc1ccsc1)c1cc2ccccc2o1. The summed E-state index contributed by atoms with van der Waals surface area (Å²) in [6, 6.07) is 11.2. The fraction of sp³-hybridized carbons (Fsp3) is 0.263. The van der Waals surface area contributed by atoms with Gasteiger partial charge in [-0.2, -0.15) is 11.3 Å². The molecule has 0 radical (unpaired) electrons. The lowest BCUT2D eigenvalue weighted by Crippen LogP contribution is -2.31. The summed E-state index contributed by atoms with van der Waals surface area (Å²) in [7, 11) is 0. The van der Waals surface area contributed by atoms with Gasteiger partial charge in [0.2, 0.25) is 0 Å². The standard InChI is InChI=1S/C19H19NO4S/c1-13(17-10-15-4-2-3-5-16(15)24-17)20-18(21)11-23-19(22)7-6-14-8-9-25-12-14/h2-5,8-10,12-13H,6-7,11H2,1H3,(H,20,21)/t13-/m1/s1. The Kier molecular flexibility index (Phi) is 5.50. The van der Waals surface area contributed by atoms with Gasteiger partial charge in [-0.15, -0.1) is 0 Å². The molecule has 0 saturated carbocycles. The van der Waals surface area contributed by atoms with Crippen LogP contribution in [0.15, 0.2) is 51.6 Å². The normalized spacial score (nSPS) is 12.0. The van der Waals surface area contributed by atoms with E-state index in [-0.39, 0.29) is 30.9 Å². The molecular formula is C19H19NO4S. The average Bonchev–Trinajstić information content (AvgIpc) is 3.27. The van der Waals surface area contributed by atoms with Gasteiger partial charge in [0.1, 0.15) is 11.3 Å². The topological polar surface area (TPSA) is 68.5 Å². The van der Waals surface area contributed by atoms with E-state index in [9.17, 15) is 9.59 Å². The monoisotopic (exact) mass is 357 g/mol. The second kappa shape index (κ2) is 7.98. The Morgan fingerprint density at radius 3 is 2.88 bits per heavy atom. The highest BCUT2D eigenvalue weighted by atomic mass is 32.1. The average molecular weight is 357 g/mol. The van der Waals surface area contributed by atoms with Crippen LogP contribution in [0.25, 0.3) is 11.0 Å². The van der Waals surface area contributed by atoms with E-state index in [2.05, 4.69) is 5.32 Å². The van der Waals surface area contributed by atoms with Gasteiger partial charge in [0, 0.05) is 11.8 Å². The fourth-order valence-electron chi connectivity index (χ4n) is 2.47. The zero-order valence-corrected chi connectivity index (χ0v) is 14.7. The number of benzene rings is 1. The van der Waals surface area contributed by atoms with Gasteiger partial charge in [0.05, 0.1) is 6.04 Å². The van der Waals surface area contributed by atoms with Crippen LogP contribution in [0, 0.1) is 0 Å². The summed E-state index contributed by atoms with van der Waals surface area (Å²) in [6.07, 6.45) is 0.891. The van der Waals surface area contributed by atoms with E-state index < -0.39 is 0 Å². The van der Waals surface area contributed by atoms with Crippen molar-refractivity contribution in [2.24, 2.45) is 0 Å². The molecule has 25 heavy (non-hydrogen) atoms. The molecule has 3 aromatic rings. The highest BCUT2D eigenvalue weighted by Gasteiger charge is 2.15. The van der Waals surface area contributed by atoms with Crippen LogP contribution in [-0.4, -0.2) is 18.5 Å². The summed E-state index contributed by atoms with van der Waals surface area (Å²) < 4.78 is 10.7. The van der Waals surface area contributed by atoms with E-state index in [1.807, 2.05) is 54.1 Å². The molecule has 0 fully saturated rings. The third-order valence-corrected chi connectivity index (χ3v) is 4.54. The number of fused-ring (bicyclic) bond motifs is 1. The van der Waals surface area contributed by atoms with Gasteiger partial charge in [0.25, 0.3) is 5.91 Å². The van der Waals surface area contributed by atoms with Crippen molar-refractivity contribution in [3.63, 3.8) is 0 Å². The lowest BCUT2D eigenvalue weighted by Gasteiger charge is -2.11. The van der Waals surface area contributed by atoms with Crippen molar-refractivity contribution in [1.29, 1.82) is 0 Å². The van der Waals surface area contributed by atoms with E-state index in [4.69, 9.17) is 9.15 Å². The molecular weight excluding hydrogens is 338 g/mol. The molecule has 130 valence electrons. The van der Waals surface area contributed by atoms with Crippen LogP contribution in [0.1, 0.15) is 30.7 Å². The van der Waals surface area contributed by atoms with Crippen LogP contribution in [0.4, 0.5) is 0 Å². The summed E-state index contributed by atoms with van der Waals surface area (Å²) in [5.74, 6) is -0.0621. The van der Waals surface area contributed by atoms with Crippen molar-refractivity contribution in [3.8, 4) is 0 Å². The van der Waals surface area contributed by atoms with Gasteiger partial charge in [0.15, 0.2) is 6.61 Å². The van der Waals surface area contributed by atoms with Gasteiger partial charge in [-0.05, 0) is 47.9 Å². The number of para-hydroxylation sites is 1. The Hall–Kier alpha value is -2.60. The van der Waals surface area contributed by atoms with E-state index in [0.29, 0.717) is 12.2 Å². The van der Waals surface area contributed by atoms with Gasteiger partial charge in [-0.25, -0.2) is 0 Å². The van der Waals surface area contributed by atoms with Crippen LogP contribution >= 0.6 is 11.3 Å². The summed E-state index contributed by atoms with van der Waals surface area (Å²) in [5, 5.41) is 7.72. The molecule has 1 aromatic carbocycles. The first kappa shape index (κ1) is 17.2. The number of hydrogen-bond donors (Lipinski definition) is 1. The lowest BCUT2D eigenvalue weighted by molar-refractivity contribution is -0.148. The molecule has 5 nitrogen and oxygen atoms in total. The molecule has 1 atom stereocenters. The van der Waals surface area contributed by atoms with Crippen molar-refractivity contribution in [1.82, 2.24) is 5.32 Å². The van der Waals surface area contributed by atoms with E-state index >= 15 is 0 Å². The summed E-state index contributed by atoms with van der Waals surface area (Å²) >= 11 is 1.59. The van der Waals surface area contributed by atoms with Gasteiger partial charge < -0.3 is 14.5 Å². The smallest absolute Gasteiger partial charge is 0.306 e. The summed E-state index contributed by atoms with van der Waals surface area (Å²) in [6.45, 7) is 1.54. The maximum atomic E-state index is 12.0. The number of thiophene rings is 1. The predicted molar refractivity (Wildman–Crippen MR) is 96.4 cm³/mol. The van der Waals surface area contributed by atoms with Crippen LogP contribution in [0.5, 0.6) is 0 Å². The predicted octanol–water partition coefficient (Wildman–Crippen LogP) is 3.85. The highest BCUT2D eigenvalue weighted by molar-refractivity contribution is 7.07. The van der Waals surface area contributed by atoms with Crippen LogP contribution in [0.3, 0.4) is 0 Å². The second-order valence-corrected chi connectivity index (χ2v) is 6.55. The number of furan rings is 1. The summed E-state index contributed by atoms with van der Waals surface area (Å²) in [5.41, 5.74) is 1.88. The molecule has 1 amide bonds. The van der Waals surface area contributed by atoms with Crippen LogP contribution < -0.4 is 5.32 Å². The number of carbonyl (C=O) groups is 2. The van der Waals surface area contributed by atoms with E-state index in [0.717, 1.165) is 16.5 Å². The minimum absolute atomic E-state index is 0.267. The molecule has 0 aliphatic heterocycles. The molecule has 0 saturated heterocycles. The molecule has 2 heterocycles. The molecule has 2 aromatic heterocycles. The minimum Gasteiger partial charge on any atom is -0.459 e. The van der Waals surface area contributed by atoms with Crippen molar-refractivity contribution < 1.29 is 18.7 Å².